The van der Waals surface area contributed by atoms with Gasteiger partial charge in [0.2, 0.25) is 18.4 Å². The Hall–Kier alpha value is -3.10. The summed E-state index contributed by atoms with van der Waals surface area (Å²) in [7, 11) is 0. The van der Waals surface area contributed by atoms with Crippen molar-refractivity contribution in [3.8, 4) is 11.5 Å². The number of hydrogen-bond acceptors (Lipinski definition) is 8. The lowest BCUT2D eigenvalue weighted by molar-refractivity contribution is -0.383. The fraction of sp³-hybridized carbons (Fsp3) is 0.412. The zero-order chi connectivity index (χ0) is 17.9. The first-order valence-corrected chi connectivity index (χ1v) is 8.59. The Balaban J connectivity index is 1.52. The van der Waals surface area contributed by atoms with Crippen LogP contribution in [0.25, 0.3) is 0 Å². The molecule has 2 heterocycles. The van der Waals surface area contributed by atoms with Crippen LogP contribution in [0.1, 0.15) is 31.2 Å². The van der Waals surface area contributed by atoms with Crippen LogP contribution in [-0.4, -0.2) is 27.7 Å². The van der Waals surface area contributed by atoms with E-state index >= 15 is 0 Å². The van der Waals surface area contributed by atoms with Crippen molar-refractivity contribution >= 4 is 17.3 Å². The van der Waals surface area contributed by atoms with Crippen molar-refractivity contribution < 1.29 is 14.4 Å². The number of nitrogens with one attached hydrogen (secondary N) is 2. The SMILES string of the molecule is O=[N+]([O-])c1c(NCc2ccc3c(c2)OCO3)ncnc1NC1CCCC1. The van der Waals surface area contributed by atoms with Crippen LogP contribution in [0.15, 0.2) is 24.5 Å². The summed E-state index contributed by atoms with van der Waals surface area (Å²) in [5, 5.41) is 17.8. The summed E-state index contributed by atoms with van der Waals surface area (Å²) in [5.74, 6) is 1.84. The summed E-state index contributed by atoms with van der Waals surface area (Å²) in [6.07, 6.45) is 5.60. The molecule has 2 aromatic rings. The van der Waals surface area contributed by atoms with Crippen LogP contribution < -0.4 is 20.1 Å². The average molecular weight is 357 g/mol. The molecule has 0 saturated heterocycles. The first kappa shape index (κ1) is 16.4. The molecule has 26 heavy (non-hydrogen) atoms. The minimum Gasteiger partial charge on any atom is -0.454 e. The van der Waals surface area contributed by atoms with Crippen molar-refractivity contribution in [3.05, 3.63) is 40.2 Å². The van der Waals surface area contributed by atoms with E-state index in [0.717, 1.165) is 31.2 Å². The Labute approximate surface area is 149 Å². The molecule has 1 fully saturated rings. The van der Waals surface area contributed by atoms with Gasteiger partial charge in [-0.2, -0.15) is 0 Å². The van der Waals surface area contributed by atoms with Crippen LogP contribution in [0.3, 0.4) is 0 Å². The molecule has 0 spiro atoms. The van der Waals surface area contributed by atoms with Crippen molar-refractivity contribution in [2.45, 2.75) is 38.3 Å². The zero-order valence-corrected chi connectivity index (χ0v) is 14.1. The molecule has 0 atom stereocenters. The van der Waals surface area contributed by atoms with Crippen LogP contribution in [0.5, 0.6) is 11.5 Å². The van der Waals surface area contributed by atoms with Gasteiger partial charge in [0.05, 0.1) is 4.92 Å². The van der Waals surface area contributed by atoms with Gasteiger partial charge in [-0.1, -0.05) is 18.9 Å². The van der Waals surface area contributed by atoms with Crippen LogP contribution in [0.2, 0.25) is 0 Å². The fourth-order valence-corrected chi connectivity index (χ4v) is 3.29. The van der Waals surface area contributed by atoms with Crippen LogP contribution in [0, 0.1) is 10.1 Å². The molecule has 0 unspecified atom stereocenters. The minimum absolute atomic E-state index is 0.125. The van der Waals surface area contributed by atoms with Gasteiger partial charge in [-0.3, -0.25) is 10.1 Å². The molecule has 1 aromatic heterocycles. The highest BCUT2D eigenvalue weighted by Crippen LogP contribution is 2.34. The van der Waals surface area contributed by atoms with Gasteiger partial charge in [-0.25, -0.2) is 9.97 Å². The third-order valence-electron chi connectivity index (χ3n) is 4.60. The third-order valence-corrected chi connectivity index (χ3v) is 4.60. The molecule has 0 bridgehead atoms. The van der Waals surface area contributed by atoms with E-state index in [-0.39, 0.29) is 30.2 Å². The Morgan fingerprint density at radius 2 is 1.92 bits per heavy atom. The maximum Gasteiger partial charge on any atom is 0.353 e. The second-order valence-corrected chi connectivity index (χ2v) is 6.34. The number of rotatable bonds is 6. The molecule has 2 N–H and O–H groups in total. The van der Waals surface area contributed by atoms with E-state index in [2.05, 4.69) is 20.6 Å². The number of anilines is 2. The van der Waals surface area contributed by atoms with Crippen molar-refractivity contribution in [2.24, 2.45) is 0 Å². The highest BCUT2D eigenvalue weighted by Gasteiger charge is 2.26. The lowest BCUT2D eigenvalue weighted by Crippen LogP contribution is -2.18. The molecule has 136 valence electrons. The number of fused-ring (bicyclic) bond motifs is 1. The summed E-state index contributed by atoms with van der Waals surface area (Å²) in [4.78, 5) is 19.3. The fourth-order valence-electron chi connectivity index (χ4n) is 3.29. The van der Waals surface area contributed by atoms with Gasteiger partial charge in [0.1, 0.15) is 6.33 Å². The average Bonchev–Trinajstić information content (AvgIpc) is 3.30. The highest BCUT2D eigenvalue weighted by molar-refractivity contribution is 5.69. The lowest BCUT2D eigenvalue weighted by Gasteiger charge is -2.14. The van der Waals surface area contributed by atoms with Crippen molar-refractivity contribution in [2.75, 3.05) is 17.4 Å². The van der Waals surface area contributed by atoms with E-state index in [1.54, 1.807) is 0 Å². The van der Waals surface area contributed by atoms with Gasteiger partial charge >= 0.3 is 5.69 Å². The Morgan fingerprint density at radius 3 is 2.73 bits per heavy atom. The smallest absolute Gasteiger partial charge is 0.353 e. The summed E-state index contributed by atoms with van der Waals surface area (Å²) >= 11 is 0. The normalized spacial score (nSPS) is 15.8. The minimum atomic E-state index is -0.445. The number of benzene rings is 1. The van der Waals surface area contributed by atoms with Gasteiger partial charge < -0.3 is 20.1 Å². The Bertz CT molecular complexity index is 823. The van der Waals surface area contributed by atoms with E-state index in [4.69, 9.17) is 9.47 Å². The van der Waals surface area contributed by atoms with E-state index < -0.39 is 4.92 Å². The molecule has 1 aliphatic heterocycles. The predicted molar refractivity (Wildman–Crippen MR) is 94.5 cm³/mol. The third kappa shape index (κ3) is 3.32. The molecule has 0 amide bonds. The van der Waals surface area contributed by atoms with Gasteiger partial charge in [0.25, 0.3) is 0 Å². The molecule has 4 rings (SSSR count). The monoisotopic (exact) mass is 357 g/mol. The predicted octanol–water partition coefficient (Wildman–Crippen LogP) is 3.08. The Kier molecular flexibility index (Phi) is 4.42. The van der Waals surface area contributed by atoms with Gasteiger partial charge in [0, 0.05) is 12.6 Å². The first-order valence-electron chi connectivity index (χ1n) is 8.59. The summed E-state index contributed by atoms with van der Waals surface area (Å²) in [5.41, 5.74) is 0.785. The first-order chi connectivity index (χ1) is 12.7. The molecule has 2 aliphatic rings. The van der Waals surface area contributed by atoms with Crippen molar-refractivity contribution in [3.63, 3.8) is 0 Å². The number of nitro groups is 1. The number of ether oxygens (including phenoxy) is 2. The molecule has 9 heteroatoms. The molecular formula is C17H19N5O4. The van der Waals surface area contributed by atoms with Gasteiger partial charge in [0.15, 0.2) is 11.5 Å². The molecule has 0 radical (unpaired) electrons. The summed E-state index contributed by atoms with van der Waals surface area (Å²) in [6, 6.07) is 5.77. The second kappa shape index (κ2) is 7.03. The maximum absolute atomic E-state index is 11.6. The van der Waals surface area contributed by atoms with Crippen LogP contribution >= 0.6 is 0 Å². The van der Waals surface area contributed by atoms with E-state index in [0.29, 0.717) is 18.0 Å². The van der Waals surface area contributed by atoms with Crippen molar-refractivity contribution in [1.29, 1.82) is 0 Å². The van der Waals surface area contributed by atoms with E-state index in [1.807, 2.05) is 18.2 Å². The zero-order valence-electron chi connectivity index (χ0n) is 14.1. The van der Waals surface area contributed by atoms with Gasteiger partial charge in [-0.05, 0) is 30.5 Å². The van der Waals surface area contributed by atoms with Crippen LogP contribution in [-0.2, 0) is 6.54 Å². The molecule has 1 saturated carbocycles. The largest absolute Gasteiger partial charge is 0.454 e. The molecular weight excluding hydrogens is 338 g/mol. The molecule has 9 nitrogen and oxygen atoms in total. The van der Waals surface area contributed by atoms with Crippen molar-refractivity contribution in [1.82, 2.24) is 9.97 Å². The quantitative estimate of drug-likeness (QED) is 0.599. The molecule has 1 aliphatic carbocycles. The summed E-state index contributed by atoms with van der Waals surface area (Å²) < 4.78 is 10.6. The lowest BCUT2D eigenvalue weighted by atomic mass is 10.2. The number of hydrogen-bond donors (Lipinski definition) is 2. The number of nitrogens with zero attached hydrogens (tertiary/aromatic N) is 3. The summed E-state index contributed by atoms with van der Waals surface area (Å²) in [6.45, 7) is 0.581. The van der Waals surface area contributed by atoms with E-state index in [9.17, 15) is 10.1 Å². The maximum atomic E-state index is 11.6. The Morgan fingerprint density at radius 1 is 1.15 bits per heavy atom. The standard InChI is InChI=1S/C17H19N5O4/c23-22(24)15-16(19-9-20-17(15)21-12-3-1-2-4-12)18-8-11-5-6-13-14(7-11)26-10-25-13/h5-7,9,12H,1-4,8,10H2,(H2,18,19,20,21). The topological polar surface area (TPSA) is 111 Å². The highest BCUT2D eigenvalue weighted by atomic mass is 16.7. The van der Waals surface area contributed by atoms with Gasteiger partial charge in [-0.15, -0.1) is 0 Å². The second-order valence-electron chi connectivity index (χ2n) is 6.34. The molecule has 1 aromatic carbocycles. The number of aromatic nitrogens is 2. The van der Waals surface area contributed by atoms with E-state index in [1.165, 1.54) is 6.33 Å². The van der Waals surface area contributed by atoms with Crippen LogP contribution in [0.4, 0.5) is 17.3 Å².